The van der Waals surface area contributed by atoms with E-state index in [0.29, 0.717) is 6.42 Å². The van der Waals surface area contributed by atoms with Crippen molar-refractivity contribution in [3.63, 3.8) is 0 Å². The first kappa shape index (κ1) is 11.8. The first-order chi connectivity index (χ1) is 9.22. The van der Waals surface area contributed by atoms with E-state index in [-0.39, 0.29) is 11.5 Å². The summed E-state index contributed by atoms with van der Waals surface area (Å²) in [6, 6.07) is 12.6. The maximum atomic E-state index is 12.2. The topological polar surface area (TPSA) is 49.3 Å². The van der Waals surface area contributed by atoms with Crippen molar-refractivity contribution in [1.82, 2.24) is 0 Å². The summed E-state index contributed by atoms with van der Waals surface area (Å²) in [6.07, 6.45) is 1.39. The molecule has 3 rings (SSSR count). The molecule has 0 fully saturated rings. The van der Waals surface area contributed by atoms with Gasteiger partial charge in [0.05, 0.1) is 0 Å². The predicted octanol–water partition coefficient (Wildman–Crippen LogP) is 2.79. The molecule has 2 N–H and O–H groups in total. The van der Waals surface area contributed by atoms with Crippen molar-refractivity contribution >= 4 is 11.5 Å². The first-order valence-corrected chi connectivity index (χ1v) is 6.40. The van der Waals surface area contributed by atoms with E-state index in [9.17, 15) is 9.90 Å². The van der Waals surface area contributed by atoms with Gasteiger partial charge >= 0.3 is 0 Å². The molecule has 0 saturated carbocycles. The van der Waals surface area contributed by atoms with Crippen LogP contribution >= 0.6 is 0 Å². The Labute approximate surface area is 111 Å². The van der Waals surface area contributed by atoms with Crippen LogP contribution in [0.2, 0.25) is 0 Å². The van der Waals surface area contributed by atoms with Gasteiger partial charge in [-0.25, -0.2) is 0 Å². The number of phenolic OH excluding ortho intramolecular Hbond substituents is 1. The third kappa shape index (κ3) is 2.45. The molecule has 0 aliphatic carbocycles. The van der Waals surface area contributed by atoms with Gasteiger partial charge in [0.1, 0.15) is 5.75 Å². The lowest BCUT2D eigenvalue weighted by Crippen LogP contribution is -2.04. The Bertz CT molecular complexity index is 617. The van der Waals surface area contributed by atoms with Crippen molar-refractivity contribution in [2.75, 3.05) is 11.9 Å². The quantitative estimate of drug-likeness (QED) is 0.827. The van der Waals surface area contributed by atoms with Crippen LogP contribution in [0.25, 0.3) is 0 Å². The Balaban J connectivity index is 1.78. The highest BCUT2D eigenvalue weighted by atomic mass is 16.3. The van der Waals surface area contributed by atoms with E-state index in [4.69, 9.17) is 0 Å². The molecular formula is C16H15NO2. The molecule has 1 heterocycles. The highest BCUT2D eigenvalue weighted by Gasteiger charge is 2.13. The molecule has 2 aromatic carbocycles. The summed E-state index contributed by atoms with van der Waals surface area (Å²) in [5.41, 5.74) is 4.01. The lowest BCUT2D eigenvalue weighted by atomic mass is 10.0. The first-order valence-electron chi connectivity index (χ1n) is 6.40. The summed E-state index contributed by atoms with van der Waals surface area (Å²) >= 11 is 0. The zero-order chi connectivity index (χ0) is 13.2. The molecule has 2 aromatic rings. The van der Waals surface area contributed by atoms with E-state index < -0.39 is 0 Å². The minimum atomic E-state index is 0.0992. The molecule has 0 spiro atoms. The molecule has 96 valence electrons. The van der Waals surface area contributed by atoms with E-state index in [2.05, 4.69) is 5.32 Å². The van der Waals surface area contributed by atoms with Crippen molar-refractivity contribution in [3.05, 3.63) is 59.2 Å². The lowest BCUT2D eigenvalue weighted by Gasteiger charge is -2.05. The predicted molar refractivity (Wildman–Crippen MR) is 74.8 cm³/mol. The van der Waals surface area contributed by atoms with Crippen molar-refractivity contribution in [3.8, 4) is 5.75 Å². The van der Waals surface area contributed by atoms with Crippen molar-refractivity contribution < 1.29 is 9.90 Å². The number of benzene rings is 2. The van der Waals surface area contributed by atoms with Gasteiger partial charge in [0.15, 0.2) is 5.78 Å². The SMILES string of the molecule is O=C(Cc1ccc(O)cc1)c1ccc2c(c1)NCC2. The maximum absolute atomic E-state index is 12.2. The van der Waals surface area contributed by atoms with Crippen LogP contribution in [0.1, 0.15) is 21.5 Å². The summed E-state index contributed by atoms with van der Waals surface area (Å²) in [6.45, 7) is 0.949. The molecule has 19 heavy (non-hydrogen) atoms. The standard InChI is InChI=1S/C16H15NO2/c18-14-5-1-11(2-6-14)9-16(19)13-4-3-12-7-8-17-15(12)10-13/h1-6,10,17-18H,7-9H2. The fraction of sp³-hybridized carbons (Fsp3) is 0.188. The van der Waals surface area contributed by atoms with Crippen molar-refractivity contribution in [1.29, 1.82) is 0 Å². The second-order valence-electron chi connectivity index (χ2n) is 4.82. The lowest BCUT2D eigenvalue weighted by molar-refractivity contribution is 0.0993. The van der Waals surface area contributed by atoms with E-state index >= 15 is 0 Å². The smallest absolute Gasteiger partial charge is 0.167 e. The average molecular weight is 253 g/mol. The molecule has 0 radical (unpaired) electrons. The van der Waals surface area contributed by atoms with Gasteiger partial charge in [0.25, 0.3) is 0 Å². The average Bonchev–Trinajstić information content (AvgIpc) is 2.88. The number of aromatic hydroxyl groups is 1. The van der Waals surface area contributed by atoms with Gasteiger partial charge in [0, 0.05) is 24.2 Å². The largest absolute Gasteiger partial charge is 0.508 e. The molecule has 0 atom stereocenters. The Hall–Kier alpha value is -2.29. The number of fused-ring (bicyclic) bond motifs is 1. The van der Waals surface area contributed by atoms with Crippen LogP contribution in [-0.2, 0) is 12.8 Å². The van der Waals surface area contributed by atoms with Gasteiger partial charge in [0.2, 0.25) is 0 Å². The fourth-order valence-electron chi connectivity index (χ4n) is 2.37. The van der Waals surface area contributed by atoms with E-state index in [1.807, 2.05) is 18.2 Å². The Morgan fingerprint density at radius 1 is 1.16 bits per heavy atom. The van der Waals surface area contributed by atoms with Gasteiger partial charge in [-0.3, -0.25) is 4.79 Å². The number of Topliss-reactive ketones (excluding diaryl/α,β-unsaturated/α-hetero) is 1. The Kier molecular flexibility index (Phi) is 2.95. The second kappa shape index (κ2) is 4.76. The molecule has 0 bridgehead atoms. The number of carbonyl (C=O) groups is 1. The van der Waals surface area contributed by atoms with Gasteiger partial charge in [-0.2, -0.15) is 0 Å². The number of phenols is 1. The van der Waals surface area contributed by atoms with Crippen molar-refractivity contribution in [2.45, 2.75) is 12.8 Å². The zero-order valence-electron chi connectivity index (χ0n) is 10.5. The Morgan fingerprint density at radius 3 is 2.74 bits per heavy atom. The number of hydrogen-bond acceptors (Lipinski definition) is 3. The number of hydrogen-bond donors (Lipinski definition) is 2. The number of rotatable bonds is 3. The van der Waals surface area contributed by atoms with Gasteiger partial charge in [-0.05, 0) is 35.7 Å². The van der Waals surface area contributed by atoms with Crippen LogP contribution < -0.4 is 5.32 Å². The number of nitrogens with one attached hydrogen (secondary N) is 1. The highest BCUT2D eigenvalue weighted by Crippen LogP contribution is 2.24. The molecule has 1 aliphatic rings. The summed E-state index contributed by atoms with van der Waals surface area (Å²) in [7, 11) is 0. The molecular weight excluding hydrogens is 238 g/mol. The van der Waals surface area contributed by atoms with Crippen molar-refractivity contribution in [2.24, 2.45) is 0 Å². The van der Waals surface area contributed by atoms with E-state index in [0.717, 1.165) is 29.8 Å². The summed E-state index contributed by atoms with van der Waals surface area (Å²) in [5.74, 6) is 0.320. The second-order valence-corrected chi connectivity index (χ2v) is 4.82. The van der Waals surface area contributed by atoms with E-state index in [1.54, 1.807) is 24.3 Å². The molecule has 3 heteroatoms. The minimum Gasteiger partial charge on any atom is -0.508 e. The van der Waals surface area contributed by atoms with Crippen LogP contribution in [0.15, 0.2) is 42.5 Å². The van der Waals surface area contributed by atoms with Gasteiger partial charge < -0.3 is 10.4 Å². The van der Waals surface area contributed by atoms with Crippen LogP contribution in [0.4, 0.5) is 5.69 Å². The van der Waals surface area contributed by atoms with Gasteiger partial charge in [-0.15, -0.1) is 0 Å². The van der Waals surface area contributed by atoms with Crippen LogP contribution in [-0.4, -0.2) is 17.4 Å². The van der Waals surface area contributed by atoms with E-state index in [1.165, 1.54) is 5.56 Å². The summed E-state index contributed by atoms with van der Waals surface area (Å²) < 4.78 is 0. The third-order valence-corrected chi connectivity index (χ3v) is 3.44. The molecule has 3 nitrogen and oxygen atoms in total. The Morgan fingerprint density at radius 2 is 1.95 bits per heavy atom. The third-order valence-electron chi connectivity index (χ3n) is 3.44. The molecule has 0 aromatic heterocycles. The number of carbonyl (C=O) groups excluding carboxylic acids is 1. The number of ketones is 1. The molecule has 0 saturated heterocycles. The summed E-state index contributed by atoms with van der Waals surface area (Å²) in [4.78, 5) is 12.2. The van der Waals surface area contributed by atoms with Crippen LogP contribution in [0, 0.1) is 0 Å². The molecule has 1 aliphatic heterocycles. The summed E-state index contributed by atoms with van der Waals surface area (Å²) in [5, 5.41) is 12.5. The molecule has 0 unspecified atom stereocenters. The molecule has 0 amide bonds. The van der Waals surface area contributed by atoms with Gasteiger partial charge in [-0.1, -0.05) is 24.3 Å². The normalized spacial score (nSPS) is 12.8. The van der Waals surface area contributed by atoms with Crippen LogP contribution in [0.5, 0.6) is 5.75 Å². The fourth-order valence-corrected chi connectivity index (χ4v) is 2.37. The monoisotopic (exact) mass is 253 g/mol. The zero-order valence-corrected chi connectivity index (χ0v) is 10.5. The maximum Gasteiger partial charge on any atom is 0.167 e. The minimum absolute atomic E-state index is 0.0992. The van der Waals surface area contributed by atoms with Crippen LogP contribution in [0.3, 0.4) is 0 Å². The highest BCUT2D eigenvalue weighted by molar-refractivity contribution is 5.98. The number of anilines is 1.